The van der Waals surface area contributed by atoms with Gasteiger partial charge >= 0.3 is 0 Å². The quantitative estimate of drug-likeness (QED) is 0.771. The number of amides is 2. The van der Waals surface area contributed by atoms with Crippen LogP contribution in [0.25, 0.3) is 0 Å². The average Bonchev–Trinajstić information content (AvgIpc) is 2.28. The molecule has 0 aliphatic carbocycles. The first kappa shape index (κ1) is 14.5. The summed E-state index contributed by atoms with van der Waals surface area (Å²) in [6.07, 6.45) is 1.28. The first-order chi connectivity index (χ1) is 8.19. The highest BCUT2D eigenvalue weighted by Crippen LogP contribution is 2.25. The molecule has 0 radical (unpaired) electrons. The van der Waals surface area contributed by atoms with Gasteiger partial charge in [-0.05, 0) is 31.2 Å². The van der Waals surface area contributed by atoms with Gasteiger partial charge in [-0.15, -0.1) is 12.4 Å². The summed E-state index contributed by atoms with van der Waals surface area (Å²) in [7, 11) is 1.71. The zero-order valence-electron chi connectivity index (χ0n) is 10.1. The number of benzene rings is 1. The van der Waals surface area contributed by atoms with Crippen molar-refractivity contribution >= 4 is 35.6 Å². The maximum atomic E-state index is 11.4. The van der Waals surface area contributed by atoms with Crippen LogP contribution in [0.1, 0.15) is 12.0 Å². The maximum Gasteiger partial charge on any atom is 0.238 e. The molecule has 0 saturated heterocycles. The minimum atomic E-state index is -0.102. The third kappa shape index (κ3) is 3.45. The summed E-state index contributed by atoms with van der Waals surface area (Å²) in [5.41, 5.74) is 2.60. The second-order valence-electron chi connectivity index (χ2n) is 4.00. The standard InChI is InChI=1S/C12H15N3O2.ClH/c1-13-7-12(17)14-9-4-2-8-3-5-11(16)15-10(8)6-9;/h2,4,6,13H,3,5,7H2,1H3,(H,14,17)(H,15,16);1H. The molecule has 2 rings (SSSR count). The van der Waals surface area contributed by atoms with Crippen LogP contribution in [0, 0.1) is 0 Å². The number of hydrogen-bond donors (Lipinski definition) is 3. The first-order valence-corrected chi connectivity index (χ1v) is 5.56. The lowest BCUT2D eigenvalue weighted by molar-refractivity contribution is -0.116. The van der Waals surface area contributed by atoms with Crippen LogP contribution in [0.4, 0.5) is 11.4 Å². The molecule has 0 unspecified atom stereocenters. The molecule has 1 aliphatic rings. The number of hydrogen-bond acceptors (Lipinski definition) is 3. The number of carbonyl (C=O) groups is 2. The van der Waals surface area contributed by atoms with Crippen molar-refractivity contribution in [1.82, 2.24) is 5.32 Å². The number of nitrogens with one attached hydrogen (secondary N) is 3. The van der Waals surface area contributed by atoms with Gasteiger partial charge in [-0.3, -0.25) is 9.59 Å². The number of halogens is 1. The number of carbonyl (C=O) groups excluding carboxylic acids is 2. The van der Waals surface area contributed by atoms with Gasteiger partial charge < -0.3 is 16.0 Å². The highest BCUT2D eigenvalue weighted by atomic mass is 35.5. The highest BCUT2D eigenvalue weighted by Gasteiger charge is 2.15. The normalized spacial score (nSPS) is 13.1. The molecule has 6 heteroatoms. The molecule has 0 fully saturated rings. The minimum Gasteiger partial charge on any atom is -0.326 e. The minimum absolute atomic E-state index is 0. The summed E-state index contributed by atoms with van der Waals surface area (Å²) >= 11 is 0. The fraction of sp³-hybridized carbons (Fsp3) is 0.333. The second-order valence-corrected chi connectivity index (χ2v) is 4.00. The fourth-order valence-corrected chi connectivity index (χ4v) is 1.82. The lowest BCUT2D eigenvalue weighted by Gasteiger charge is -2.17. The predicted octanol–water partition coefficient (Wildman–Crippen LogP) is 1.15. The van der Waals surface area contributed by atoms with E-state index in [-0.39, 0.29) is 30.8 Å². The van der Waals surface area contributed by atoms with Crippen LogP contribution < -0.4 is 16.0 Å². The molecular weight excluding hydrogens is 254 g/mol. The molecule has 0 spiro atoms. The Morgan fingerprint density at radius 2 is 2.17 bits per heavy atom. The topological polar surface area (TPSA) is 70.2 Å². The summed E-state index contributed by atoms with van der Waals surface area (Å²) in [6, 6.07) is 5.58. The van der Waals surface area contributed by atoms with Crippen LogP contribution in [-0.2, 0) is 16.0 Å². The Morgan fingerprint density at radius 3 is 2.89 bits per heavy atom. The van der Waals surface area contributed by atoms with Crippen LogP contribution in [0.3, 0.4) is 0 Å². The monoisotopic (exact) mass is 269 g/mol. The Kier molecular flexibility index (Phi) is 5.12. The van der Waals surface area contributed by atoms with Gasteiger partial charge in [0.1, 0.15) is 0 Å². The van der Waals surface area contributed by atoms with Crippen LogP contribution in [-0.4, -0.2) is 25.4 Å². The van der Waals surface area contributed by atoms with E-state index >= 15 is 0 Å². The maximum absolute atomic E-state index is 11.4. The molecule has 0 bridgehead atoms. The molecule has 98 valence electrons. The smallest absolute Gasteiger partial charge is 0.238 e. The van der Waals surface area contributed by atoms with Gasteiger partial charge in [0.15, 0.2) is 0 Å². The summed E-state index contributed by atoms with van der Waals surface area (Å²) < 4.78 is 0. The van der Waals surface area contributed by atoms with Gasteiger partial charge in [-0.1, -0.05) is 6.07 Å². The summed E-state index contributed by atoms with van der Waals surface area (Å²) in [4.78, 5) is 22.6. The molecule has 0 aromatic heterocycles. The van der Waals surface area contributed by atoms with E-state index in [1.165, 1.54) is 0 Å². The van der Waals surface area contributed by atoms with Gasteiger partial charge in [-0.2, -0.15) is 0 Å². The van der Waals surface area contributed by atoms with Crippen molar-refractivity contribution in [1.29, 1.82) is 0 Å². The van der Waals surface area contributed by atoms with Crippen molar-refractivity contribution in [3.8, 4) is 0 Å². The van der Waals surface area contributed by atoms with Crippen molar-refractivity contribution < 1.29 is 9.59 Å². The Morgan fingerprint density at radius 1 is 1.39 bits per heavy atom. The van der Waals surface area contributed by atoms with E-state index in [2.05, 4.69) is 16.0 Å². The predicted molar refractivity (Wildman–Crippen MR) is 73.2 cm³/mol. The zero-order chi connectivity index (χ0) is 12.3. The van der Waals surface area contributed by atoms with Crippen molar-refractivity contribution in [2.45, 2.75) is 12.8 Å². The van der Waals surface area contributed by atoms with E-state index in [9.17, 15) is 9.59 Å². The molecule has 0 atom stereocenters. The SMILES string of the molecule is CNCC(=O)Nc1ccc2c(c1)NC(=O)CC2.Cl. The summed E-state index contributed by atoms with van der Waals surface area (Å²) in [5, 5.41) is 8.33. The summed E-state index contributed by atoms with van der Waals surface area (Å²) in [6.45, 7) is 0.267. The van der Waals surface area contributed by atoms with Gasteiger partial charge in [-0.25, -0.2) is 0 Å². The van der Waals surface area contributed by atoms with E-state index < -0.39 is 0 Å². The zero-order valence-corrected chi connectivity index (χ0v) is 10.9. The van der Waals surface area contributed by atoms with E-state index in [1.807, 2.05) is 12.1 Å². The van der Waals surface area contributed by atoms with Crippen LogP contribution in [0.15, 0.2) is 18.2 Å². The molecule has 3 N–H and O–H groups in total. The molecule has 18 heavy (non-hydrogen) atoms. The second kappa shape index (κ2) is 6.37. The Balaban J connectivity index is 0.00000162. The van der Waals surface area contributed by atoms with Crippen LogP contribution in [0.5, 0.6) is 0 Å². The van der Waals surface area contributed by atoms with E-state index in [0.29, 0.717) is 12.1 Å². The van der Waals surface area contributed by atoms with E-state index in [0.717, 1.165) is 17.7 Å². The van der Waals surface area contributed by atoms with E-state index in [1.54, 1.807) is 13.1 Å². The third-order valence-corrected chi connectivity index (χ3v) is 2.63. The number of aryl methyl sites for hydroxylation is 1. The number of anilines is 2. The number of fused-ring (bicyclic) bond motifs is 1. The lowest BCUT2D eigenvalue weighted by atomic mass is 10.0. The average molecular weight is 270 g/mol. The summed E-state index contributed by atoms with van der Waals surface area (Å²) in [5.74, 6) is -0.0780. The molecule has 1 aliphatic heterocycles. The lowest BCUT2D eigenvalue weighted by Crippen LogP contribution is -2.25. The van der Waals surface area contributed by atoms with Crippen molar-refractivity contribution in [3.05, 3.63) is 23.8 Å². The fourth-order valence-electron chi connectivity index (χ4n) is 1.82. The number of likely N-dealkylation sites (N-methyl/N-ethyl adjacent to an activating group) is 1. The first-order valence-electron chi connectivity index (χ1n) is 5.56. The molecular formula is C12H16ClN3O2. The van der Waals surface area contributed by atoms with Gasteiger partial charge in [0.2, 0.25) is 11.8 Å². The van der Waals surface area contributed by atoms with Crippen molar-refractivity contribution in [2.75, 3.05) is 24.2 Å². The van der Waals surface area contributed by atoms with Crippen molar-refractivity contribution in [3.63, 3.8) is 0 Å². The Labute approximate surface area is 112 Å². The van der Waals surface area contributed by atoms with Gasteiger partial charge in [0, 0.05) is 17.8 Å². The molecule has 5 nitrogen and oxygen atoms in total. The molecule has 0 saturated carbocycles. The van der Waals surface area contributed by atoms with Gasteiger partial charge in [0.05, 0.1) is 6.54 Å². The Hall–Kier alpha value is -1.59. The molecule has 1 aromatic carbocycles. The van der Waals surface area contributed by atoms with Crippen molar-refractivity contribution in [2.24, 2.45) is 0 Å². The largest absolute Gasteiger partial charge is 0.326 e. The van der Waals surface area contributed by atoms with Crippen LogP contribution >= 0.6 is 12.4 Å². The molecule has 1 heterocycles. The van der Waals surface area contributed by atoms with Crippen LogP contribution in [0.2, 0.25) is 0 Å². The number of rotatable bonds is 3. The third-order valence-electron chi connectivity index (χ3n) is 2.63. The Bertz CT molecular complexity index is 463. The highest BCUT2D eigenvalue weighted by molar-refractivity contribution is 5.96. The molecule has 2 amide bonds. The molecule has 1 aromatic rings. The van der Waals surface area contributed by atoms with Gasteiger partial charge in [0.25, 0.3) is 0 Å². The van der Waals surface area contributed by atoms with E-state index in [4.69, 9.17) is 0 Å².